The SMILES string of the molecule is CCC(OC)C(O)c1cc(F)ccc1Cl. The van der Waals surface area contributed by atoms with Crippen molar-refractivity contribution in [1.82, 2.24) is 0 Å². The lowest BCUT2D eigenvalue weighted by Crippen LogP contribution is -2.20. The number of hydrogen-bond acceptors (Lipinski definition) is 2. The molecule has 0 fully saturated rings. The van der Waals surface area contributed by atoms with Gasteiger partial charge in [0.05, 0.1) is 6.10 Å². The molecule has 2 atom stereocenters. The second-order valence-electron chi connectivity index (χ2n) is 3.29. The molecular formula is C11H14ClFO2. The van der Waals surface area contributed by atoms with Gasteiger partial charge in [-0.15, -0.1) is 0 Å². The van der Waals surface area contributed by atoms with Crippen LogP contribution in [-0.2, 0) is 4.74 Å². The van der Waals surface area contributed by atoms with Crippen LogP contribution in [0.5, 0.6) is 0 Å². The van der Waals surface area contributed by atoms with Crippen LogP contribution in [-0.4, -0.2) is 18.3 Å². The average molecular weight is 233 g/mol. The van der Waals surface area contributed by atoms with Crippen LogP contribution in [0.4, 0.5) is 4.39 Å². The summed E-state index contributed by atoms with van der Waals surface area (Å²) in [5, 5.41) is 10.3. The van der Waals surface area contributed by atoms with E-state index >= 15 is 0 Å². The maximum absolute atomic E-state index is 13.0. The molecule has 0 aliphatic heterocycles. The fourth-order valence-electron chi connectivity index (χ4n) is 1.46. The molecule has 84 valence electrons. The zero-order valence-electron chi connectivity index (χ0n) is 8.71. The van der Waals surface area contributed by atoms with Crippen LogP contribution >= 0.6 is 11.6 Å². The van der Waals surface area contributed by atoms with Crippen LogP contribution in [0.3, 0.4) is 0 Å². The van der Waals surface area contributed by atoms with E-state index in [4.69, 9.17) is 16.3 Å². The molecule has 1 rings (SSSR count). The van der Waals surface area contributed by atoms with E-state index in [1.165, 1.54) is 25.3 Å². The largest absolute Gasteiger partial charge is 0.386 e. The number of rotatable bonds is 4. The van der Waals surface area contributed by atoms with Gasteiger partial charge in [-0.1, -0.05) is 18.5 Å². The van der Waals surface area contributed by atoms with E-state index in [9.17, 15) is 9.50 Å². The number of halogens is 2. The summed E-state index contributed by atoms with van der Waals surface area (Å²) in [6.07, 6.45) is -0.641. The van der Waals surface area contributed by atoms with Crippen molar-refractivity contribution in [2.75, 3.05) is 7.11 Å². The van der Waals surface area contributed by atoms with Crippen LogP contribution < -0.4 is 0 Å². The Morgan fingerprint density at radius 3 is 2.73 bits per heavy atom. The highest BCUT2D eigenvalue weighted by atomic mass is 35.5. The van der Waals surface area contributed by atoms with Crippen LogP contribution in [0, 0.1) is 5.82 Å². The van der Waals surface area contributed by atoms with Gasteiger partial charge in [0.15, 0.2) is 0 Å². The number of methoxy groups -OCH3 is 1. The Bertz CT molecular complexity index is 326. The zero-order chi connectivity index (χ0) is 11.4. The first kappa shape index (κ1) is 12.4. The minimum Gasteiger partial charge on any atom is -0.386 e. The van der Waals surface area contributed by atoms with Crippen molar-refractivity contribution in [3.63, 3.8) is 0 Å². The first-order valence-corrected chi connectivity index (χ1v) is 5.13. The van der Waals surface area contributed by atoms with Crippen LogP contribution in [0.1, 0.15) is 25.0 Å². The highest BCUT2D eigenvalue weighted by Crippen LogP contribution is 2.28. The number of ether oxygens (including phenoxy) is 1. The predicted octanol–water partition coefficient (Wildman–Crippen LogP) is 2.94. The van der Waals surface area contributed by atoms with E-state index in [-0.39, 0.29) is 6.10 Å². The Labute approximate surface area is 93.6 Å². The highest BCUT2D eigenvalue weighted by Gasteiger charge is 2.21. The Hall–Kier alpha value is -0.640. The van der Waals surface area contributed by atoms with Gasteiger partial charge in [0.25, 0.3) is 0 Å². The lowest BCUT2D eigenvalue weighted by Gasteiger charge is -2.21. The molecule has 0 radical (unpaired) electrons. The molecule has 0 saturated carbocycles. The summed E-state index contributed by atoms with van der Waals surface area (Å²) in [7, 11) is 1.50. The van der Waals surface area contributed by atoms with Crippen molar-refractivity contribution >= 4 is 11.6 Å². The molecule has 0 spiro atoms. The van der Waals surface area contributed by atoms with Crippen LogP contribution in [0.15, 0.2) is 18.2 Å². The van der Waals surface area contributed by atoms with Crippen molar-refractivity contribution in [2.24, 2.45) is 0 Å². The summed E-state index contributed by atoms with van der Waals surface area (Å²) in [5.74, 6) is -0.417. The van der Waals surface area contributed by atoms with E-state index in [0.29, 0.717) is 17.0 Å². The van der Waals surface area contributed by atoms with Gasteiger partial charge in [-0.25, -0.2) is 4.39 Å². The molecule has 0 aliphatic rings. The van der Waals surface area contributed by atoms with Crippen molar-refractivity contribution in [3.05, 3.63) is 34.6 Å². The molecule has 1 N–H and O–H groups in total. The first-order valence-electron chi connectivity index (χ1n) is 4.76. The molecule has 0 bridgehead atoms. The molecule has 1 aromatic carbocycles. The number of hydrogen-bond donors (Lipinski definition) is 1. The smallest absolute Gasteiger partial charge is 0.123 e. The molecule has 0 aliphatic carbocycles. The van der Waals surface area contributed by atoms with Gasteiger partial charge in [0.1, 0.15) is 11.9 Å². The fourth-order valence-corrected chi connectivity index (χ4v) is 1.69. The number of benzene rings is 1. The molecule has 0 amide bonds. The van der Waals surface area contributed by atoms with Gasteiger partial charge in [-0.05, 0) is 24.6 Å². The van der Waals surface area contributed by atoms with E-state index in [2.05, 4.69) is 0 Å². The Morgan fingerprint density at radius 2 is 2.20 bits per heavy atom. The number of aliphatic hydroxyl groups is 1. The van der Waals surface area contributed by atoms with Crippen LogP contribution in [0.2, 0.25) is 5.02 Å². The second kappa shape index (κ2) is 5.45. The molecule has 0 aromatic heterocycles. The third-order valence-electron chi connectivity index (χ3n) is 2.33. The standard InChI is InChI=1S/C11H14ClFO2/c1-3-10(15-2)11(14)8-6-7(13)4-5-9(8)12/h4-6,10-11,14H,3H2,1-2H3. The van der Waals surface area contributed by atoms with Crippen molar-refractivity contribution in [3.8, 4) is 0 Å². The fraction of sp³-hybridized carbons (Fsp3) is 0.455. The minimum atomic E-state index is -0.900. The molecule has 2 nitrogen and oxygen atoms in total. The maximum Gasteiger partial charge on any atom is 0.123 e. The Balaban J connectivity index is 2.98. The van der Waals surface area contributed by atoms with Gasteiger partial charge in [0, 0.05) is 17.7 Å². The third-order valence-corrected chi connectivity index (χ3v) is 2.68. The molecule has 0 heterocycles. The van der Waals surface area contributed by atoms with Gasteiger partial charge in [-0.3, -0.25) is 0 Å². The zero-order valence-corrected chi connectivity index (χ0v) is 9.46. The van der Waals surface area contributed by atoms with Gasteiger partial charge in [-0.2, -0.15) is 0 Å². The quantitative estimate of drug-likeness (QED) is 0.865. The monoisotopic (exact) mass is 232 g/mol. The van der Waals surface area contributed by atoms with E-state index in [1.54, 1.807) is 0 Å². The summed E-state index contributed by atoms with van der Waals surface area (Å²) in [4.78, 5) is 0. The number of aliphatic hydroxyl groups excluding tert-OH is 1. The Morgan fingerprint density at radius 1 is 1.53 bits per heavy atom. The lowest BCUT2D eigenvalue weighted by atomic mass is 10.0. The van der Waals surface area contributed by atoms with Crippen LogP contribution in [0.25, 0.3) is 0 Å². The van der Waals surface area contributed by atoms with Crippen molar-refractivity contribution in [1.29, 1.82) is 0 Å². The topological polar surface area (TPSA) is 29.5 Å². The molecule has 0 saturated heterocycles. The van der Waals surface area contributed by atoms with Gasteiger partial charge >= 0.3 is 0 Å². The average Bonchev–Trinajstić information content (AvgIpc) is 2.23. The Kier molecular flexibility index (Phi) is 4.51. The lowest BCUT2D eigenvalue weighted by molar-refractivity contribution is -0.0149. The van der Waals surface area contributed by atoms with E-state index < -0.39 is 11.9 Å². The van der Waals surface area contributed by atoms with E-state index in [1.807, 2.05) is 6.92 Å². The predicted molar refractivity (Wildman–Crippen MR) is 57.5 cm³/mol. The summed E-state index contributed by atoms with van der Waals surface area (Å²) in [6, 6.07) is 3.92. The maximum atomic E-state index is 13.0. The molecule has 15 heavy (non-hydrogen) atoms. The molecule has 4 heteroatoms. The van der Waals surface area contributed by atoms with Gasteiger partial charge in [0.2, 0.25) is 0 Å². The van der Waals surface area contributed by atoms with Crippen molar-refractivity contribution in [2.45, 2.75) is 25.6 Å². The molecular weight excluding hydrogens is 219 g/mol. The summed E-state index contributed by atoms with van der Waals surface area (Å²) in [6.45, 7) is 1.88. The second-order valence-corrected chi connectivity index (χ2v) is 3.70. The molecule has 1 aromatic rings. The molecule has 2 unspecified atom stereocenters. The highest BCUT2D eigenvalue weighted by molar-refractivity contribution is 6.31. The third kappa shape index (κ3) is 2.91. The van der Waals surface area contributed by atoms with E-state index in [0.717, 1.165) is 0 Å². The van der Waals surface area contributed by atoms with Crippen molar-refractivity contribution < 1.29 is 14.2 Å². The minimum absolute atomic E-state index is 0.347. The summed E-state index contributed by atoms with van der Waals surface area (Å²) in [5.41, 5.74) is 0.366. The normalized spacial score (nSPS) is 15.0. The summed E-state index contributed by atoms with van der Waals surface area (Å²) >= 11 is 5.87. The van der Waals surface area contributed by atoms with Gasteiger partial charge < -0.3 is 9.84 Å². The summed E-state index contributed by atoms with van der Waals surface area (Å²) < 4.78 is 18.0. The first-order chi connectivity index (χ1) is 7.10.